The molecule has 0 saturated heterocycles. The smallest absolute Gasteiger partial charge is 0.0713 e. The van der Waals surface area contributed by atoms with Crippen molar-refractivity contribution in [1.29, 1.82) is 0 Å². The first kappa shape index (κ1) is 10.2. The number of halogens is 2. The van der Waals surface area contributed by atoms with Crippen molar-refractivity contribution in [3.05, 3.63) is 33.8 Å². The van der Waals surface area contributed by atoms with Crippen LogP contribution in [-0.2, 0) is 16.7 Å². The predicted molar refractivity (Wildman–Crippen MR) is 57.5 cm³/mol. The van der Waals surface area contributed by atoms with Crippen LogP contribution < -0.4 is 0 Å². The highest BCUT2D eigenvalue weighted by atomic mass is 79.9. The van der Waals surface area contributed by atoms with E-state index >= 15 is 0 Å². The summed E-state index contributed by atoms with van der Waals surface area (Å²) < 4.78 is 6.17. The minimum Gasteiger partial charge on any atom is -0.380 e. The first-order valence-electron chi connectivity index (χ1n) is 3.60. The van der Waals surface area contributed by atoms with Gasteiger partial charge in [0, 0.05) is 16.9 Å². The van der Waals surface area contributed by atoms with Crippen LogP contribution >= 0.6 is 31.9 Å². The van der Waals surface area contributed by atoms with Gasteiger partial charge in [-0.2, -0.15) is 0 Å². The molecule has 12 heavy (non-hydrogen) atoms. The normalized spacial score (nSPS) is 10.2. The molecule has 0 aromatic heterocycles. The average molecular weight is 294 g/mol. The largest absolute Gasteiger partial charge is 0.380 e. The molecule has 1 aromatic carbocycles. The Hall–Kier alpha value is 0.140. The Labute approximate surface area is 89.4 Å². The number of benzene rings is 1. The van der Waals surface area contributed by atoms with Crippen LogP contribution in [0.5, 0.6) is 0 Å². The highest BCUT2D eigenvalue weighted by Gasteiger charge is 1.99. The molecule has 0 N–H and O–H groups in total. The standard InChI is InChI=1S/C9H10Br2O/c1-12-6-7-2-3-9(11)8(4-7)5-10/h2-4H,5-6H2,1H3. The average Bonchev–Trinajstić information content (AvgIpc) is 2.09. The van der Waals surface area contributed by atoms with Crippen molar-refractivity contribution in [2.24, 2.45) is 0 Å². The maximum absolute atomic E-state index is 5.04. The molecule has 0 fully saturated rings. The van der Waals surface area contributed by atoms with E-state index in [1.54, 1.807) is 7.11 Å². The third-order valence-electron chi connectivity index (χ3n) is 1.57. The van der Waals surface area contributed by atoms with Gasteiger partial charge in [0.25, 0.3) is 0 Å². The van der Waals surface area contributed by atoms with E-state index in [1.165, 1.54) is 11.1 Å². The molecule has 1 nitrogen and oxygen atoms in total. The molecule has 0 spiro atoms. The molecular formula is C9H10Br2O. The maximum Gasteiger partial charge on any atom is 0.0713 e. The zero-order chi connectivity index (χ0) is 8.97. The number of rotatable bonds is 3. The summed E-state index contributed by atoms with van der Waals surface area (Å²) in [5.74, 6) is 0. The lowest BCUT2D eigenvalue weighted by Gasteiger charge is -2.04. The Morgan fingerprint density at radius 3 is 2.75 bits per heavy atom. The van der Waals surface area contributed by atoms with E-state index in [1.807, 2.05) is 6.07 Å². The Kier molecular flexibility index (Phi) is 4.26. The van der Waals surface area contributed by atoms with Crippen molar-refractivity contribution in [2.75, 3.05) is 7.11 Å². The number of methoxy groups -OCH3 is 1. The fraction of sp³-hybridized carbons (Fsp3) is 0.333. The van der Waals surface area contributed by atoms with Crippen LogP contribution in [-0.4, -0.2) is 7.11 Å². The van der Waals surface area contributed by atoms with Gasteiger partial charge >= 0.3 is 0 Å². The molecule has 0 radical (unpaired) electrons. The lowest BCUT2D eigenvalue weighted by atomic mass is 10.1. The van der Waals surface area contributed by atoms with Crippen molar-refractivity contribution in [2.45, 2.75) is 11.9 Å². The minimum atomic E-state index is 0.674. The van der Waals surface area contributed by atoms with Gasteiger partial charge in [-0.25, -0.2) is 0 Å². The zero-order valence-electron chi connectivity index (χ0n) is 6.81. The fourth-order valence-corrected chi connectivity index (χ4v) is 2.21. The molecule has 0 aliphatic carbocycles. The molecule has 0 aliphatic heterocycles. The number of hydrogen-bond donors (Lipinski definition) is 0. The van der Waals surface area contributed by atoms with E-state index in [-0.39, 0.29) is 0 Å². The molecule has 0 unspecified atom stereocenters. The van der Waals surface area contributed by atoms with E-state index in [2.05, 4.69) is 44.0 Å². The van der Waals surface area contributed by atoms with E-state index in [9.17, 15) is 0 Å². The maximum atomic E-state index is 5.04. The lowest BCUT2D eigenvalue weighted by Crippen LogP contribution is -1.89. The Balaban J connectivity index is 2.89. The van der Waals surface area contributed by atoms with Gasteiger partial charge in [0.15, 0.2) is 0 Å². The summed E-state index contributed by atoms with van der Waals surface area (Å²) in [6, 6.07) is 6.23. The summed E-state index contributed by atoms with van der Waals surface area (Å²) in [7, 11) is 1.70. The third-order valence-corrected chi connectivity index (χ3v) is 2.94. The van der Waals surface area contributed by atoms with E-state index in [4.69, 9.17) is 4.74 Å². The highest BCUT2D eigenvalue weighted by molar-refractivity contribution is 9.10. The third kappa shape index (κ3) is 2.57. The van der Waals surface area contributed by atoms with Gasteiger partial charge in [-0.05, 0) is 17.2 Å². The fourth-order valence-electron chi connectivity index (χ4n) is 0.987. The number of hydrogen-bond acceptors (Lipinski definition) is 1. The summed E-state index contributed by atoms with van der Waals surface area (Å²) in [6.45, 7) is 0.674. The monoisotopic (exact) mass is 292 g/mol. The van der Waals surface area contributed by atoms with Gasteiger partial charge in [0.05, 0.1) is 6.61 Å². The van der Waals surface area contributed by atoms with E-state index < -0.39 is 0 Å². The van der Waals surface area contributed by atoms with Gasteiger partial charge < -0.3 is 4.74 Å². The number of alkyl halides is 1. The minimum absolute atomic E-state index is 0.674. The van der Waals surface area contributed by atoms with E-state index in [0.717, 1.165) is 9.80 Å². The van der Waals surface area contributed by atoms with Crippen LogP contribution in [0.1, 0.15) is 11.1 Å². The molecule has 1 rings (SSSR count). The van der Waals surface area contributed by atoms with Crippen LogP contribution in [0.15, 0.2) is 22.7 Å². The van der Waals surface area contributed by atoms with Gasteiger partial charge in [0.2, 0.25) is 0 Å². The van der Waals surface area contributed by atoms with Crippen LogP contribution in [0.4, 0.5) is 0 Å². The quantitative estimate of drug-likeness (QED) is 0.775. The molecule has 1 aromatic rings. The van der Waals surface area contributed by atoms with Gasteiger partial charge in [-0.1, -0.05) is 44.0 Å². The topological polar surface area (TPSA) is 9.23 Å². The summed E-state index contributed by atoms with van der Waals surface area (Å²) in [6.07, 6.45) is 0. The van der Waals surface area contributed by atoms with Crippen molar-refractivity contribution in [1.82, 2.24) is 0 Å². The Morgan fingerprint density at radius 1 is 1.42 bits per heavy atom. The zero-order valence-corrected chi connectivity index (χ0v) is 9.98. The molecule has 0 saturated carbocycles. The predicted octanol–water partition coefficient (Wildman–Crippen LogP) is 3.49. The SMILES string of the molecule is COCc1ccc(Br)c(CBr)c1. The van der Waals surface area contributed by atoms with Gasteiger partial charge in [-0.3, -0.25) is 0 Å². The van der Waals surface area contributed by atoms with Crippen molar-refractivity contribution < 1.29 is 4.74 Å². The molecule has 0 amide bonds. The molecule has 0 atom stereocenters. The summed E-state index contributed by atoms with van der Waals surface area (Å²) in [5, 5.41) is 0.866. The molecule has 0 aliphatic rings. The molecule has 0 bridgehead atoms. The number of ether oxygens (including phenoxy) is 1. The van der Waals surface area contributed by atoms with Crippen LogP contribution in [0, 0.1) is 0 Å². The molecule has 3 heteroatoms. The molecule has 0 heterocycles. The molecule has 66 valence electrons. The molecular weight excluding hydrogens is 284 g/mol. The highest BCUT2D eigenvalue weighted by Crippen LogP contribution is 2.20. The van der Waals surface area contributed by atoms with Crippen molar-refractivity contribution in [3.63, 3.8) is 0 Å². The second kappa shape index (κ2) is 5.00. The van der Waals surface area contributed by atoms with Gasteiger partial charge in [-0.15, -0.1) is 0 Å². The van der Waals surface area contributed by atoms with Crippen molar-refractivity contribution >= 4 is 31.9 Å². The second-order valence-electron chi connectivity index (χ2n) is 2.49. The first-order valence-corrected chi connectivity index (χ1v) is 5.51. The first-order chi connectivity index (χ1) is 5.77. The Morgan fingerprint density at radius 2 is 2.17 bits per heavy atom. The van der Waals surface area contributed by atoms with Crippen LogP contribution in [0.2, 0.25) is 0 Å². The second-order valence-corrected chi connectivity index (χ2v) is 3.91. The summed E-state index contributed by atoms with van der Waals surface area (Å²) in [4.78, 5) is 0. The summed E-state index contributed by atoms with van der Waals surface area (Å²) in [5.41, 5.74) is 2.46. The van der Waals surface area contributed by atoms with E-state index in [0.29, 0.717) is 6.61 Å². The Bertz CT molecular complexity index is 261. The summed E-state index contributed by atoms with van der Waals surface area (Å²) >= 11 is 6.89. The van der Waals surface area contributed by atoms with Crippen molar-refractivity contribution in [3.8, 4) is 0 Å². The van der Waals surface area contributed by atoms with Gasteiger partial charge in [0.1, 0.15) is 0 Å². The lowest BCUT2D eigenvalue weighted by molar-refractivity contribution is 0.185. The van der Waals surface area contributed by atoms with Crippen LogP contribution in [0.3, 0.4) is 0 Å². The van der Waals surface area contributed by atoms with Crippen LogP contribution in [0.25, 0.3) is 0 Å².